The van der Waals surface area contributed by atoms with Gasteiger partial charge in [-0.05, 0) is 30.5 Å². The maximum absolute atomic E-state index is 11.4. The minimum atomic E-state index is -0.178. The molecule has 1 aromatic heterocycles. The van der Waals surface area contributed by atoms with Crippen LogP contribution in [0.2, 0.25) is 0 Å². The molecule has 0 spiro atoms. The third-order valence-corrected chi connectivity index (χ3v) is 3.34. The molecule has 1 aromatic carbocycles. The van der Waals surface area contributed by atoms with Crippen LogP contribution in [0.25, 0.3) is 0 Å². The zero-order valence-corrected chi connectivity index (χ0v) is 13.0. The number of methoxy groups -OCH3 is 1. The van der Waals surface area contributed by atoms with E-state index in [1.807, 2.05) is 25.1 Å². The fourth-order valence-corrected chi connectivity index (χ4v) is 2.29. The molecule has 0 amide bonds. The summed E-state index contributed by atoms with van der Waals surface area (Å²) in [5.41, 5.74) is 3.24. The van der Waals surface area contributed by atoms with Crippen molar-refractivity contribution < 1.29 is 14.3 Å². The molecular formula is C18H21NO3. The Hall–Kier alpha value is -2.36. The quantitative estimate of drug-likeness (QED) is 0.737. The number of ether oxygens (including phenoxy) is 2. The zero-order chi connectivity index (χ0) is 15.8. The molecule has 0 aliphatic rings. The van der Waals surface area contributed by atoms with Gasteiger partial charge in [0.2, 0.25) is 5.88 Å². The fraction of sp³-hybridized carbons (Fsp3) is 0.333. The maximum atomic E-state index is 11.4. The number of aromatic nitrogens is 1. The van der Waals surface area contributed by atoms with Crippen molar-refractivity contribution in [2.24, 2.45) is 0 Å². The Morgan fingerprint density at radius 1 is 1.18 bits per heavy atom. The third-order valence-electron chi connectivity index (χ3n) is 3.34. The molecule has 0 unspecified atom stereocenters. The second-order valence-corrected chi connectivity index (χ2v) is 4.98. The number of carbonyl (C=O) groups excluding carboxylic acids is 1. The van der Waals surface area contributed by atoms with Gasteiger partial charge in [0.25, 0.3) is 0 Å². The van der Waals surface area contributed by atoms with Gasteiger partial charge in [-0.15, -0.1) is 0 Å². The van der Waals surface area contributed by atoms with Crippen molar-refractivity contribution in [1.29, 1.82) is 0 Å². The Kier molecular flexibility index (Phi) is 5.95. The molecular weight excluding hydrogens is 278 g/mol. The summed E-state index contributed by atoms with van der Waals surface area (Å²) < 4.78 is 10.3. The molecule has 4 nitrogen and oxygen atoms in total. The number of benzene rings is 1. The minimum absolute atomic E-state index is 0.178. The van der Waals surface area contributed by atoms with Crippen molar-refractivity contribution in [3.63, 3.8) is 0 Å². The lowest BCUT2D eigenvalue weighted by atomic mass is 10.0. The first-order chi connectivity index (χ1) is 10.7. The summed E-state index contributed by atoms with van der Waals surface area (Å²) in [7, 11) is 1.62. The summed E-state index contributed by atoms with van der Waals surface area (Å²) in [4.78, 5) is 15.8. The summed E-state index contributed by atoms with van der Waals surface area (Å²) in [5.74, 6) is 0.451. The average Bonchev–Trinajstić information content (AvgIpc) is 2.54. The van der Waals surface area contributed by atoms with Crippen LogP contribution >= 0.6 is 0 Å². The third kappa shape index (κ3) is 4.58. The summed E-state index contributed by atoms with van der Waals surface area (Å²) in [5, 5.41) is 0. The molecule has 0 saturated heterocycles. The summed E-state index contributed by atoms with van der Waals surface area (Å²) in [6, 6.07) is 12.2. The molecule has 2 rings (SSSR count). The van der Waals surface area contributed by atoms with Gasteiger partial charge in [-0.25, -0.2) is 4.98 Å². The van der Waals surface area contributed by atoms with Crippen LogP contribution in [0.5, 0.6) is 5.88 Å². The lowest BCUT2D eigenvalue weighted by Crippen LogP contribution is -2.06. The molecule has 4 heteroatoms. The highest BCUT2D eigenvalue weighted by Crippen LogP contribution is 2.21. The molecule has 0 N–H and O–H groups in total. The number of esters is 1. The first-order valence-electron chi connectivity index (χ1n) is 7.44. The molecule has 0 saturated carbocycles. The Morgan fingerprint density at radius 2 is 1.95 bits per heavy atom. The maximum Gasteiger partial charge on any atom is 0.306 e. The van der Waals surface area contributed by atoms with Gasteiger partial charge in [-0.1, -0.05) is 30.3 Å². The Balaban J connectivity index is 2.10. The van der Waals surface area contributed by atoms with Gasteiger partial charge in [0.1, 0.15) is 0 Å². The van der Waals surface area contributed by atoms with Crippen molar-refractivity contribution in [2.75, 3.05) is 13.7 Å². The van der Waals surface area contributed by atoms with Crippen molar-refractivity contribution in [3.8, 4) is 5.88 Å². The first-order valence-corrected chi connectivity index (χ1v) is 7.44. The number of pyridine rings is 1. The number of hydrogen-bond donors (Lipinski definition) is 0. The average molecular weight is 299 g/mol. The van der Waals surface area contributed by atoms with Crippen LogP contribution < -0.4 is 4.74 Å². The Labute approximate surface area is 131 Å². The van der Waals surface area contributed by atoms with Crippen LogP contribution in [0.15, 0.2) is 42.6 Å². The topological polar surface area (TPSA) is 48.4 Å². The van der Waals surface area contributed by atoms with E-state index in [-0.39, 0.29) is 5.97 Å². The van der Waals surface area contributed by atoms with E-state index in [0.29, 0.717) is 25.3 Å². The SMILES string of the molecule is CCOC(=O)CCc1cnc(OC)c(Cc2ccccc2)c1. The summed E-state index contributed by atoms with van der Waals surface area (Å²) in [6.45, 7) is 2.23. The van der Waals surface area contributed by atoms with Crippen LogP contribution in [0, 0.1) is 0 Å². The van der Waals surface area contributed by atoms with Gasteiger partial charge in [0, 0.05) is 24.6 Å². The predicted octanol–water partition coefficient (Wildman–Crippen LogP) is 3.18. The van der Waals surface area contributed by atoms with Crippen molar-refractivity contribution in [1.82, 2.24) is 4.98 Å². The number of nitrogens with zero attached hydrogens (tertiary/aromatic N) is 1. The lowest BCUT2D eigenvalue weighted by molar-refractivity contribution is -0.143. The van der Waals surface area contributed by atoms with E-state index < -0.39 is 0 Å². The highest BCUT2D eigenvalue weighted by Gasteiger charge is 2.09. The van der Waals surface area contributed by atoms with Gasteiger partial charge in [-0.2, -0.15) is 0 Å². The van der Waals surface area contributed by atoms with Crippen LogP contribution in [0.4, 0.5) is 0 Å². The van der Waals surface area contributed by atoms with E-state index in [4.69, 9.17) is 9.47 Å². The lowest BCUT2D eigenvalue weighted by Gasteiger charge is -2.10. The van der Waals surface area contributed by atoms with Gasteiger partial charge in [-0.3, -0.25) is 4.79 Å². The van der Waals surface area contributed by atoms with Crippen molar-refractivity contribution in [3.05, 3.63) is 59.3 Å². The fourth-order valence-electron chi connectivity index (χ4n) is 2.29. The van der Waals surface area contributed by atoms with Gasteiger partial charge >= 0.3 is 5.97 Å². The van der Waals surface area contributed by atoms with Crippen LogP contribution in [-0.2, 0) is 22.4 Å². The highest BCUT2D eigenvalue weighted by molar-refractivity contribution is 5.69. The van der Waals surface area contributed by atoms with Gasteiger partial charge in [0.15, 0.2) is 0 Å². The number of hydrogen-bond acceptors (Lipinski definition) is 4. The standard InChI is InChI=1S/C18H21NO3/c1-3-22-17(20)10-9-15-12-16(18(21-2)19-13-15)11-14-7-5-4-6-8-14/h4-8,12-13H,3,9-11H2,1-2H3. The van der Waals surface area contributed by atoms with E-state index in [1.165, 1.54) is 5.56 Å². The number of carbonyl (C=O) groups is 1. The molecule has 22 heavy (non-hydrogen) atoms. The Morgan fingerprint density at radius 3 is 2.64 bits per heavy atom. The minimum Gasteiger partial charge on any atom is -0.481 e. The molecule has 0 aliphatic carbocycles. The molecule has 0 atom stereocenters. The largest absolute Gasteiger partial charge is 0.481 e. The van der Waals surface area contributed by atoms with Gasteiger partial charge in [0.05, 0.1) is 13.7 Å². The summed E-state index contributed by atoms with van der Waals surface area (Å²) in [6.07, 6.45) is 3.50. The van der Waals surface area contributed by atoms with E-state index in [2.05, 4.69) is 23.2 Å². The van der Waals surface area contributed by atoms with Crippen LogP contribution in [0.3, 0.4) is 0 Å². The van der Waals surface area contributed by atoms with Crippen molar-refractivity contribution in [2.45, 2.75) is 26.2 Å². The number of aryl methyl sites for hydroxylation is 1. The van der Waals surface area contributed by atoms with E-state index in [0.717, 1.165) is 17.5 Å². The van der Waals surface area contributed by atoms with Crippen LogP contribution in [-0.4, -0.2) is 24.7 Å². The monoisotopic (exact) mass is 299 g/mol. The second-order valence-electron chi connectivity index (χ2n) is 4.98. The second kappa shape index (κ2) is 8.17. The van der Waals surface area contributed by atoms with Crippen molar-refractivity contribution >= 4 is 5.97 Å². The molecule has 0 bridgehead atoms. The van der Waals surface area contributed by atoms with Crippen LogP contribution in [0.1, 0.15) is 30.0 Å². The smallest absolute Gasteiger partial charge is 0.306 e. The summed E-state index contributed by atoms with van der Waals surface area (Å²) >= 11 is 0. The molecule has 1 heterocycles. The molecule has 0 radical (unpaired) electrons. The molecule has 0 fully saturated rings. The van der Waals surface area contributed by atoms with E-state index >= 15 is 0 Å². The first kappa shape index (κ1) is 16.0. The Bertz CT molecular complexity index is 611. The normalized spacial score (nSPS) is 10.3. The van der Waals surface area contributed by atoms with Gasteiger partial charge < -0.3 is 9.47 Å². The molecule has 0 aliphatic heterocycles. The predicted molar refractivity (Wildman–Crippen MR) is 85.0 cm³/mol. The van der Waals surface area contributed by atoms with E-state index in [1.54, 1.807) is 13.3 Å². The number of rotatable bonds is 7. The molecule has 2 aromatic rings. The zero-order valence-electron chi connectivity index (χ0n) is 13.0. The molecule has 116 valence electrons. The van der Waals surface area contributed by atoms with E-state index in [9.17, 15) is 4.79 Å². The highest BCUT2D eigenvalue weighted by atomic mass is 16.5.